The highest BCUT2D eigenvalue weighted by Gasteiger charge is 2.18. The number of nitrogen functional groups attached to an aromatic ring is 1. The molecule has 0 bridgehead atoms. The maximum absolute atomic E-state index is 13.8. The van der Waals surface area contributed by atoms with E-state index in [9.17, 15) is 13.6 Å². The number of ether oxygens (including phenoxy) is 1. The van der Waals surface area contributed by atoms with Crippen LogP contribution in [0.5, 0.6) is 0 Å². The van der Waals surface area contributed by atoms with Crippen LogP contribution < -0.4 is 5.73 Å². The fourth-order valence-corrected chi connectivity index (χ4v) is 2.73. The van der Waals surface area contributed by atoms with Crippen LogP contribution in [0.25, 0.3) is 10.4 Å². The first-order valence-corrected chi connectivity index (χ1v) is 6.78. The number of thiophene rings is 1. The van der Waals surface area contributed by atoms with Gasteiger partial charge in [-0.05, 0) is 31.5 Å². The van der Waals surface area contributed by atoms with E-state index in [0.717, 1.165) is 17.4 Å². The van der Waals surface area contributed by atoms with E-state index < -0.39 is 17.6 Å². The van der Waals surface area contributed by atoms with Gasteiger partial charge in [0.1, 0.15) is 16.5 Å². The van der Waals surface area contributed by atoms with Crippen LogP contribution in [-0.4, -0.2) is 12.6 Å². The molecule has 0 aliphatic rings. The summed E-state index contributed by atoms with van der Waals surface area (Å²) in [7, 11) is 0. The number of carbonyl (C=O) groups is 1. The van der Waals surface area contributed by atoms with Crippen LogP contribution in [0.15, 0.2) is 18.2 Å². The topological polar surface area (TPSA) is 52.3 Å². The van der Waals surface area contributed by atoms with Crippen molar-refractivity contribution in [2.75, 3.05) is 12.3 Å². The van der Waals surface area contributed by atoms with Gasteiger partial charge in [-0.3, -0.25) is 0 Å². The molecule has 2 rings (SSSR count). The molecule has 0 spiro atoms. The lowest BCUT2D eigenvalue weighted by molar-refractivity contribution is 0.0533. The van der Waals surface area contributed by atoms with Gasteiger partial charge in [0, 0.05) is 16.5 Å². The van der Waals surface area contributed by atoms with E-state index in [4.69, 9.17) is 10.5 Å². The second-order valence-electron chi connectivity index (χ2n) is 4.20. The molecule has 0 unspecified atom stereocenters. The van der Waals surface area contributed by atoms with Crippen molar-refractivity contribution < 1.29 is 18.3 Å². The van der Waals surface area contributed by atoms with Crippen LogP contribution in [0, 0.1) is 18.6 Å². The Morgan fingerprint density at radius 2 is 2.00 bits per heavy atom. The molecule has 0 atom stereocenters. The molecular formula is C14H13F2NO2S. The zero-order valence-corrected chi connectivity index (χ0v) is 11.8. The number of carbonyl (C=O) groups excluding carboxylic acids is 1. The zero-order chi connectivity index (χ0) is 14.9. The third-order valence-corrected chi connectivity index (χ3v) is 3.90. The van der Waals surface area contributed by atoms with Crippen molar-refractivity contribution >= 4 is 23.0 Å². The quantitative estimate of drug-likeness (QED) is 0.878. The van der Waals surface area contributed by atoms with Crippen LogP contribution in [0.3, 0.4) is 0 Å². The molecule has 1 aromatic heterocycles. The molecule has 2 aromatic rings. The van der Waals surface area contributed by atoms with Crippen LogP contribution in [0.1, 0.15) is 22.2 Å². The van der Waals surface area contributed by atoms with Crippen LogP contribution in [-0.2, 0) is 4.74 Å². The second kappa shape index (κ2) is 5.58. The van der Waals surface area contributed by atoms with Gasteiger partial charge in [-0.1, -0.05) is 0 Å². The summed E-state index contributed by atoms with van der Waals surface area (Å²) in [6.45, 7) is 3.46. The molecular weight excluding hydrogens is 284 g/mol. The molecule has 6 heteroatoms. The smallest absolute Gasteiger partial charge is 0.350 e. The Hall–Kier alpha value is -1.95. The van der Waals surface area contributed by atoms with E-state index in [2.05, 4.69) is 0 Å². The number of hydrogen-bond acceptors (Lipinski definition) is 4. The Balaban J connectivity index is 2.47. The lowest BCUT2D eigenvalue weighted by atomic mass is 10.1. The van der Waals surface area contributed by atoms with E-state index in [1.807, 2.05) is 0 Å². The third kappa shape index (κ3) is 2.65. The van der Waals surface area contributed by atoms with Gasteiger partial charge in [0.25, 0.3) is 0 Å². The minimum atomic E-state index is -0.690. The van der Waals surface area contributed by atoms with Gasteiger partial charge < -0.3 is 10.5 Å². The van der Waals surface area contributed by atoms with Gasteiger partial charge in [-0.15, -0.1) is 11.3 Å². The minimum absolute atomic E-state index is 0.219. The summed E-state index contributed by atoms with van der Waals surface area (Å²) in [5.41, 5.74) is 6.51. The van der Waals surface area contributed by atoms with Gasteiger partial charge in [0.2, 0.25) is 0 Å². The van der Waals surface area contributed by atoms with Crippen molar-refractivity contribution in [3.8, 4) is 10.4 Å². The maximum Gasteiger partial charge on any atom is 0.350 e. The van der Waals surface area contributed by atoms with Crippen molar-refractivity contribution in [2.45, 2.75) is 13.8 Å². The Bertz CT molecular complexity index is 667. The molecule has 106 valence electrons. The number of anilines is 1. The predicted molar refractivity (Wildman–Crippen MR) is 74.8 cm³/mol. The first-order chi connectivity index (χ1) is 9.43. The molecule has 0 fully saturated rings. The molecule has 1 aromatic carbocycles. The molecule has 2 N–H and O–H groups in total. The lowest BCUT2D eigenvalue weighted by Crippen LogP contribution is -2.04. The predicted octanol–water partition coefficient (Wildman–Crippen LogP) is 3.76. The van der Waals surface area contributed by atoms with Crippen LogP contribution >= 0.6 is 11.3 Å². The molecule has 0 aliphatic heterocycles. The highest BCUT2D eigenvalue weighted by molar-refractivity contribution is 7.18. The summed E-state index contributed by atoms with van der Waals surface area (Å²) >= 11 is 1.03. The van der Waals surface area contributed by atoms with Gasteiger partial charge in [0.05, 0.1) is 12.3 Å². The lowest BCUT2D eigenvalue weighted by Gasteiger charge is -2.03. The second-order valence-corrected chi connectivity index (χ2v) is 5.25. The first kappa shape index (κ1) is 14.5. The molecule has 0 saturated carbocycles. The van der Waals surface area contributed by atoms with Crippen LogP contribution in [0.2, 0.25) is 0 Å². The average Bonchev–Trinajstić information content (AvgIpc) is 2.76. The standard InChI is InChI=1S/C14H13F2NO2S/c1-3-19-14(18)13-11(17)6-12(20-13)8-4-7(2)9(15)5-10(8)16/h4-6H,3,17H2,1-2H3. The Morgan fingerprint density at radius 3 is 2.65 bits per heavy atom. The normalized spacial score (nSPS) is 10.6. The summed E-state index contributed by atoms with van der Waals surface area (Å²) in [5, 5.41) is 0. The summed E-state index contributed by atoms with van der Waals surface area (Å²) in [6.07, 6.45) is 0. The van der Waals surface area contributed by atoms with Crippen molar-refractivity contribution in [3.05, 3.63) is 40.3 Å². The van der Waals surface area contributed by atoms with Gasteiger partial charge in [-0.25, -0.2) is 13.6 Å². The highest BCUT2D eigenvalue weighted by atomic mass is 32.1. The van der Waals surface area contributed by atoms with Gasteiger partial charge in [0.15, 0.2) is 0 Å². The number of rotatable bonds is 3. The van der Waals surface area contributed by atoms with Crippen molar-refractivity contribution in [1.82, 2.24) is 0 Å². The van der Waals surface area contributed by atoms with Crippen molar-refractivity contribution in [3.63, 3.8) is 0 Å². The largest absolute Gasteiger partial charge is 0.462 e. The minimum Gasteiger partial charge on any atom is -0.462 e. The first-order valence-electron chi connectivity index (χ1n) is 5.96. The number of hydrogen-bond donors (Lipinski definition) is 1. The number of aryl methyl sites for hydroxylation is 1. The number of esters is 1. The Labute approximate surface area is 119 Å². The van der Waals surface area contributed by atoms with E-state index in [-0.39, 0.29) is 22.7 Å². The third-order valence-electron chi connectivity index (χ3n) is 2.74. The van der Waals surface area contributed by atoms with Crippen LogP contribution in [0.4, 0.5) is 14.5 Å². The maximum atomic E-state index is 13.8. The Kier molecular flexibility index (Phi) is 4.04. The molecule has 0 aliphatic carbocycles. The highest BCUT2D eigenvalue weighted by Crippen LogP contribution is 2.35. The number of benzene rings is 1. The van der Waals surface area contributed by atoms with Gasteiger partial charge >= 0.3 is 5.97 Å². The molecule has 0 amide bonds. The number of halogens is 2. The Morgan fingerprint density at radius 1 is 1.30 bits per heavy atom. The zero-order valence-electron chi connectivity index (χ0n) is 11.0. The SMILES string of the molecule is CCOC(=O)c1sc(-c2cc(C)c(F)cc2F)cc1N. The summed E-state index contributed by atoms with van der Waals surface area (Å²) in [6, 6.07) is 3.71. The molecule has 3 nitrogen and oxygen atoms in total. The molecule has 0 radical (unpaired) electrons. The molecule has 1 heterocycles. The summed E-state index contributed by atoms with van der Waals surface area (Å²) in [4.78, 5) is 12.4. The van der Waals surface area contributed by atoms with E-state index >= 15 is 0 Å². The fourth-order valence-electron chi connectivity index (χ4n) is 1.74. The monoisotopic (exact) mass is 297 g/mol. The van der Waals surface area contributed by atoms with Crippen molar-refractivity contribution in [1.29, 1.82) is 0 Å². The summed E-state index contributed by atoms with van der Waals surface area (Å²) in [5.74, 6) is -1.84. The summed E-state index contributed by atoms with van der Waals surface area (Å²) < 4.78 is 31.9. The van der Waals surface area contributed by atoms with Crippen molar-refractivity contribution in [2.24, 2.45) is 0 Å². The van der Waals surface area contributed by atoms with E-state index in [1.165, 1.54) is 12.1 Å². The number of nitrogens with two attached hydrogens (primary N) is 1. The fraction of sp³-hybridized carbons (Fsp3) is 0.214. The van der Waals surface area contributed by atoms with Gasteiger partial charge in [-0.2, -0.15) is 0 Å². The molecule has 20 heavy (non-hydrogen) atoms. The molecule has 0 saturated heterocycles. The van der Waals surface area contributed by atoms with E-state index in [0.29, 0.717) is 10.4 Å². The van der Waals surface area contributed by atoms with E-state index in [1.54, 1.807) is 13.8 Å². The average molecular weight is 297 g/mol.